The Morgan fingerprint density at radius 3 is 2.69 bits per heavy atom. The van der Waals surface area contributed by atoms with Gasteiger partial charge in [-0.1, -0.05) is 19.4 Å². The Morgan fingerprint density at radius 1 is 1.15 bits per heavy atom. The minimum Gasteiger partial charge on any atom is -0.365 e. The van der Waals surface area contributed by atoms with Gasteiger partial charge in [-0.25, -0.2) is 0 Å². The van der Waals surface area contributed by atoms with Crippen LogP contribution in [-0.4, -0.2) is 29.2 Å². The van der Waals surface area contributed by atoms with Crippen LogP contribution in [0.1, 0.15) is 71.6 Å². The van der Waals surface area contributed by atoms with Crippen molar-refractivity contribution in [2.45, 2.75) is 77.4 Å². The number of rotatable bonds is 4. The van der Waals surface area contributed by atoms with Crippen LogP contribution >= 0.6 is 11.6 Å². The number of ether oxygens (including phenoxy) is 1. The average Bonchev–Trinajstić information content (AvgIpc) is 2.87. The lowest BCUT2D eigenvalue weighted by atomic mass is 9.47. The molecule has 4 heteroatoms. The third-order valence-electron chi connectivity index (χ3n) is 8.66. The van der Waals surface area contributed by atoms with E-state index in [0.717, 1.165) is 51.4 Å². The first-order chi connectivity index (χ1) is 12.3. The molecule has 0 aromatic rings. The first-order valence-electron chi connectivity index (χ1n) is 10.5. The summed E-state index contributed by atoms with van der Waals surface area (Å²) in [4.78, 5) is 11.9. The monoisotopic (exact) mass is 380 g/mol. The van der Waals surface area contributed by atoms with E-state index in [1.807, 2.05) is 6.08 Å². The second-order valence-electron chi connectivity index (χ2n) is 9.64. The molecule has 4 rings (SSSR count). The van der Waals surface area contributed by atoms with E-state index in [1.165, 1.54) is 5.57 Å². The standard InChI is InChI=1S/C22H33ClO3/c1-20-9-6-16(24)14-15(20)4-5-17-18(20)7-10-21(2)19(17)8-11-22(21,25)26-13-3-12-23/h14,17-19,25H,3-13H2,1-2H3/t17-,18-,19+,20+,21+,22?/m1/s1. The van der Waals surface area contributed by atoms with Gasteiger partial charge in [-0.15, -0.1) is 11.6 Å². The molecule has 0 heterocycles. The molecule has 0 aliphatic heterocycles. The highest BCUT2D eigenvalue weighted by Gasteiger charge is 2.64. The highest BCUT2D eigenvalue weighted by atomic mass is 35.5. The molecule has 146 valence electrons. The van der Waals surface area contributed by atoms with Crippen molar-refractivity contribution in [2.24, 2.45) is 28.6 Å². The van der Waals surface area contributed by atoms with Gasteiger partial charge >= 0.3 is 0 Å². The number of alkyl halides is 1. The summed E-state index contributed by atoms with van der Waals surface area (Å²) in [6, 6.07) is 0. The molecule has 4 aliphatic rings. The minimum atomic E-state index is -0.992. The van der Waals surface area contributed by atoms with Crippen LogP contribution in [-0.2, 0) is 9.53 Å². The summed E-state index contributed by atoms with van der Waals surface area (Å²) in [5.41, 5.74) is 1.45. The van der Waals surface area contributed by atoms with Gasteiger partial charge in [0.25, 0.3) is 0 Å². The number of carbonyl (C=O) groups excluding carboxylic acids is 1. The van der Waals surface area contributed by atoms with Gasteiger partial charge in [0, 0.05) is 24.1 Å². The molecule has 0 spiro atoms. The predicted octanol–water partition coefficient (Wildman–Crippen LogP) is 4.85. The highest BCUT2D eigenvalue weighted by molar-refractivity contribution is 6.17. The van der Waals surface area contributed by atoms with Crippen LogP contribution in [0.5, 0.6) is 0 Å². The number of carbonyl (C=O) groups is 1. The quantitative estimate of drug-likeness (QED) is 0.430. The van der Waals surface area contributed by atoms with E-state index in [1.54, 1.807) is 0 Å². The summed E-state index contributed by atoms with van der Waals surface area (Å²) in [7, 11) is 0. The summed E-state index contributed by atoms with van der Waals surface area (Å²) >= 11 is 5.80. The van der Waals surface area contributed by atoms with Gasteiger partial charge in [-0.2, -0.15) is 0 Å². The molecule has 1 unspecified atom stereocenters. The lowest BCUT2D eigenvalue weighted by Gasteiger charge is -2.58. The van der Waals surface area contributed by atoms with Crippen LogP contribution in [0.2, 0.25) is 0 Å². The molecule has 0 radical (unpaired) electrons. The van der Waals surface area contributed by atoms with Crippen molar-refractivity contribution in [3.63, 3.8) is 0 Å². The fourth-order valence-electron chi connectivity index (χ4n) is 7.07. The molecule has 0 aromatic heterocycles. The number of allylic oxidation sites excluding steroid dienone is 1. The fourth-order valence-corrected chi connectivity index (χ4v) is 7.18. The van der Waals surface area contributed by atoms with Crippen molar-refractivity contribution in [1.82, 2.24) is 0 Å². The molecule has 6 atom stereocenters. The van der Waals surface area contributed by atoms with E-state index in [4.69, 9.17) is 16.3 Å². The minimum absolute atomic E-state index is 0.150. The number of halogens is 1. The second-order valence-corrected chi connectivity index (χ2v) is 10.0. The predicted molar refractivity (Wildman–Crippen MR) is 103 cm³/mol. The lowest BCUT2D eigenvalue weighted by Crippen LogP contribution is -2.55. The molecule has 3 nitrogen and oxygen atoms in total. The molecule has 3 fully saturated rings. The van der Waals surface area contributed by atoms with Gasteiger partial charge in [0.05, 0.1) is 6.61 Å². The molecule has 0 aromatic carbocycles. The Morgan fingerprint density at radius 2 is 1.92 bits per heavy atom. The maximum Gasteiger partial charge on any atom is 0.171 e. The number of hydrogen-bond donors (Lipinski definition) is 1. The second kappa shape index (κ2) is 6.60. The smallest absolute Gasteiger partial charge is 0.171 e. The third kappa shape index (κ3) is 2.64. The summed E-state index contributed by atoms with van der Waals surface area (Å²) in [5.74, 6) is 1.73. The van der Waals surface area contributed by atoms with Gasteiger partial charge in [0.1, 0.15) is 0 Å². The van der Waals surface area contributed by atoms with Gasteiger partial charge in [-0.3, -0.25) is 4.79 Å². The van der Waals surface area contributed by atoms with Gasteiger partial charge in [0.2, 0.25) is 0 Å². The summed E-state index contributed by atoms with van der Waals surface area (Å²) in [5, 5.41) is 11.4. The van der Waals surface area contributed by atoms with E-state index in [2.05, 4.69) is 13.8 Å². The number of fused-ring (bicyclic) bond motifs is 5. The molecule has 0 saturated heterocycles. The first kappa shape index (κ1) is 19.0. The normalized spacial score (nSPS) is 47.8. The van der Waals surface area contributed by atoms with E-state index in [9.17, 15) is 9.90 Å². The van der Waals surface area contributed by atoms with Crippen LogP contribution in [0.4, 0.5) is 0 Å². The Labute approximate surface area is 162 Å². The Balaban J connectivity index is 1.58. The van der Waals surface area contributed by atoms with Crippen LogP contribution < -0.4 is 0 Å². The Bertz CT molecular complexity index is 617. The maximum atomic E-state index is 11.9. The SMILES string of the molecule is C[C@]12CCC(=O)C=C1CC[C@@H]1[C@H]2CC[C@@]2(C)[C@H]1CCC2(O)OCCCCl. The summed E-state index contributed by atoms with van der Waals surface area (Å²) in [6.07, 6.45) is 10.7. The zero-order valence-electron chi connectivity index (χ0n) is 16.2. The molecule has 0 amide bonds. The topological polar surface area (TPSA) is 46.5 Å². The summed E-state index contributed by atoms with van der Waals surface area (Å²) < 4.78 is 6.04. The van der Waals surface area contributed by atoms with Gasteiger partial charge in [-0.05, 0) is 74.2 Å². The van der Waals surface area contributed by atoms with Crippen molar-refractivity contribution in [3.8, 4) is 0 Å². The van der Waals surface area contributed by atoms with Crippen LogP contribution in [0.3, 0.4) is 0 Å². The van der Waals surface area contributed by atoms with E-state index < -0.39 is 5.79 Å². The lowest BCUT2D eigenvalue weighted by molar-refractivity contribution is -0.276. The van der Waals surface area contributed by atoms with Crippen molar-refractivity contribution < 1.29 is 14.6 Å². The zero-order valence-corrected chi connectivity index (χ0v) is 17.0. The number of hydrogen-bond acceptors (Lipinski definition) is 3. The molecular weight excluding hydrogens is 348 g/mol. The third-order valence-corrected chi connectivity index (χ3v) is 8.92. The average molecular weight is 381 g/mol. The molecule has 1 N–H and O–H groups in total. The van der Waals surface area contributed by atoms with Crippen molar-refractivity contribution in [3.05, 3.63) is 11.6 Å². The molecule has 26 heavy (non-hydrogen) atoms. The van der Waals surface area contributed by atoms with Gasteiger partial charge < -0.3 is 9.84 Å². The maximum absolute atomic E-state index is 11.9. The molecule has 3 saturated carbocycles. The van der Waals surface area contributed by atoms with E-state index in [-0.39, 0.29) is 10.8 Å². The fraction of sp³-hybridized carbons (Fsp3) is 0.864. The largest absolute Gasteiger partial charge is 0.365 e. The van der Waals surface area contributed by atoms with Crippen LogP contribution in [0, 0.1) is 28.6 Å². The number of aliphatic hydroxyl groups is 1. The van der Waals surface area contributed by atoms with Crippen molar-refractivity contribution in [2.75, 3.05) is 12.5 Å². The van der Waals surface area contributed by atoms with E-state index in [0.29, 0.717) is 42.4 Å². The first-order valence-corrected chi connectivity index (χ1v) is 11.0. The van der Waals surface area contributed by atoms with E-state index >= 15 is 0 Å². The Hall–Kier alpha value is -0.380. The van der Waals surface area contributed by atoms with Gasteiger partial charge in [0.15, 0.2) is 11.6 Å². The molecular formula is C22H33ClO3. The van der Waals surface area contributed by atoms with Crippen molar-refractivity contribution >= 4 is 17.4 Å². The molecule has 4 aliphatic carbocycles. The number of ketones is 1. The highest BCUT2D eigenvalue weighted by Crippen LogP contribution is 2.67. The van der Waals surface area contributed by atoms with Crippen LogP contribution in [0.15, 0.2) is 11.6 Å². The summed E-state index contributed by atoms with van der Waals surface area (Å²) in [6.45, 7) is 5.21. The Kier molecular flexibility index (Phi) is 4.81. The zero-order chi connectivity index (χ0) is 18.6. The molecule has 0 bridgehead atoms. The van der Waals surface area contributed by atoms with Crippen LogP contribution in [0.25, 0.3) is 0 Å². The van der Waals surface area contributed by atoms with Crippen molar-refractivity contribution in [1.29, 1.82) is 0 Å².